The van der Waals surface area contributed by atoms with Crippen LogP contribution in [0, 0.1) is 12.3 Å². The van der Waals surface area contributed by atoms with Gasteiger partial charge in [0.05, 0.1) is 30.4 Å². The molecule has 2 aliphatic heterocycles. The summed E-state index contributed by atoms with van der Waals surface area (Å²) in [6, 6.07) is 0.304. The summed E-state index contributed by atoms with van der Waals surface area (Å²) in [4.78, 5) is 74.0. The number of carbonyl (C=O) groups excluding carboxylic acids is 5. The molecule has 1 saturated heterocycles. The molecule has 48 heavy (non-hydrogen) atoms. The lowest BCUT2D eigenvalue weighted by atomic mass is 9.85. The number of hydrogen-bond acceptors (Lipinski definition) is 9. The first-order chi connectivity index (χ1) is 22.6. The molecular weight excluding hydrogens is 642 g/mol. The molecule has 1 aromatic rings. The number of nitrogens with one attached hydrogen (secondary N) is 3. The van der Waals surface area contributed by atoms with Gasteiger partial charge in [-0.25, -0.2) is 4.79 Å². The molecule has 4 rings (SSSR count). The third-order valence-corrected chi connectivity index (χ3v) is 9.54. The molecule has 14 heteroatoms. The minimum absolute atomic E-state index is 0.0202. The van der Waals surface area contributed by atoms with Crippen molar-refractivity contribution in [2.75, 3.05) is 20.7 Å². The summed E-state index contributed by atoms with van der Waals surface area (Å²) in [6.45, 7) is 9.15. The number of benzene rings is 1. The number of aryl methyl sites for hydroxylation is 1. The molecule has 13 nitrogen and oxygen atoms in total. The number of nitrogens with zero attached hydrogens (tertiary/aromatic N) is 2. The minimum Gasteiger partial charge on any atom is -0.495 e. The molecule has 1 aromatic carbocycles. The highest BCUT2D eigenvalue weighted by Crippen LogP contribution is 2.41. The molecule has 264 valence electrons. The Morgan fingerprint density at radius 2 is 1.83 bits per heavy atom. The first-order valence-corrected chi connectivity index (χ1v) is 16.9. The molecule has 1 saturated carbocycles. The van der Waals surface area contributed by atoms with E-state index in [0.717, 1.165) is 36.8 Å². The Kier molecular flexibility index (Phi) is 11.6. The van der Waals surface area contributed by atoms with Crippen molar-refractivity contribution in [3.8, 4) is 5.75 Å². The predicted octanol–water partition coefficient (Wildman–Crippen LogP) is 3.80. The second-order valence-electron chi connectivity index (χ2n) is 14.0. The van der Waals surface area contributed by atoms with Crippen LogP contribution in [0.4, 0.5) is 4.79 Å². The third-order valence-electron chi connectivity index (χ3n) is 9.25. The Morgan fingerprint density at radius 3 is 2.44 bits per heavy atom. The van der Waals surface area contributed by atoms with Crippen molar-refractivity contribution in [2.24, 2.45) is 10.6 Å². The molecule has 0 aromatic heterocycles. The van der Waals surface area contributed by atoms with Crippen molar-refractivity contribution in [3.63, 3.8) is 0 Å². The van der Waals surface area contributed by atoms with Crippen LogP contribution in [0.25, 0.3) is 0 Å². The van der Waals surface area contributed by atoms with Gasteiger partial charge >= 0.3 is 6.09 Å². The first-order valence-electron chi connectivity index (χ1n) is 16.6. The monoisotopic (exact) mass is 689 g/mol. The number of carbonyl (C=O) groups is 5. The zero-order chi connectivity index (χ0) is 35.4. The molecule has 0 unspecified atom stereocenters. The number of Topliss-reactive ketones (excluding diaryl/α,β-unsaturated/α-hetero) is 1. The molecule has 4 atom stereocenters. The smallest absolute Gasteiger partial charge is 0.408 e. The van der Waals surface area contributed by atoms with Crippen molar-refractivity contribution in [3.05, 3.63) is 28.3 Å². The molecule has 2 fully saturated rings. The van der Waals surface area contributed by atoms with Crippen molar-refractivity contribution in [2.45, 2.75) is 116 Å². The fraction of sp³-hybridized carbons (Fsp3) is 0.647. The fourth-order valence-electron chi connectivity index (χ4n) is 6.63. The van der Waals surface area contributed by atoms with E-state index in [9.17, 15) is 24.0 Å². The summed E-state index contributed by atoms with van der Waals surface area (Å²) in [6.07, 6.45) is 3.64. The lowest BCUT2D eigenvalue weighted by Crippen LogP contribution is -2.59. The average molecular weight is 690 g/mol. The second-order valence-corrected chi connectivity index (χ2v) is 14.4. The average Bonchev–Trinajstić information content (AvgIpc) is 3.79. The summed E-state index contributed by atoms with van der Waals surface area (Å²) in [5.74, 6) is -2.21. The quantitative estimate of drug-likeness (QED) is 0.295. The number of ketones is 1. The first kappa shape index (κ1) is 37.0. The maximum atomic E-state index is 14.5. The van der Waals surface area contributed by atoms with E-state index in [1.54, 1.807) is 12.1 Å². The van der Waals surface area contributed by atoms with Crippen LogP contribution in [0.5, 0.6) is 5.75 Å². The number of ether oxygens (including phenoxy) is 2. The van der Waals surface area contributed by atoms with Crippen LogP contribution in [-0.2, 0) is 28.8 Å². The normalized spacial score (nSPS) is 22.0. The molecule has 0 radical (unpaired) electrons. The number of amides is 4. The Bertz CT molecular complexity index is 1450. The van der Waals surface area contributed by atoms with Gasteiger partial charge in [0.2, 0.25) is 17.6 Å². The van der Waals surface area contributed by atoms with Gasteiger partial charge < -0.3 is 35.2 Å². The van der Waals surface area contributed by atoms with E-state index in [4.69, 9.17) is 25.9 Å². The summed E-state index contributed by atoms with van der Waals surface area (Å²) in [7, 11) is 2.87. The number of likely N-dealkylation sites (tertiary alicyclic amines) is 1. The van der Waals surface area contributed by atoms with Gasteiger partial charge in [-0.1, -0.05) is 50.9 Å². The van der Waals surface area contributed by atoms with Gasteiger partial charge in [-0.3, -0.25) is 19.2 Å². The van der Waals surface area contributed by atoms with E-state index in [1.165, 1.54) is 19.1 Å². The van der Waals surface area contributed by atoms with Crippen LogP contribution in [0.15, 0.2) is 17.3 Å². The SMILES string of the molecule is CCC[C@H](NC(=O)[C@@H]1C[C@]2(CC(c3cc(Cl)c(OC)cc3C)=NO2)CN1C(=O)[C@@H](NC(=O)OC1CCCC1)C(C)(C)C)C(=O)C(=O)NC. The van der Waals surface area contributed by atoms with Crippen LogP contribution in [0.2, 0.25) is 5.02 Å². The van der Waals surface area contributed by atoms with Gasteiger partial charge in [0.15, 0.2) is 5.60 Å². The summed E-state index contributed by atoms with van der Waals surface area (Å²) in [5, 5.41) is 12.6. The van der Waals surface area contributed by atoms with E-state index in [2.05, 4.69) is 21.1 Å². The van der Waals surface area contributed by atoms with Crippen LogP contribution >= 0.6 is 11.6 Å². The van der Waals surface area contributed by atoms with Crippen LogP contribution in [0.1, 0.15) is 90.2 Å². The van der Waals surface area contributed by atoms with Crippen LogP contribution in [-0.4, -0.2) is 90.7 Å². The van der Waals surface area contributed by atoms with E-state index in [0.29, 0.717) is 22.9 Å². The highest BCUT2D eigenvalue weighted by Gasteiger charge is 2.56. The zero-order valence-corrected chi connectivity index (χ0v) is 29.6. The molecule has 3 N–H and O–H groups in total. The highest BCUT2D eigenvalue weighted by molar-refractivity contribution is 6.38. The van der Waals surface area contributed by atoms with E-state index >= 15 is 0 Å². The van der Waals surface area contributed by atoms with E-state index in [1.807, 2.05) is 34.6 Å². The summed E-state index contributed by atoms with van der Waals surface area (Å²) >= 11 is 6.44. The van der Waals surface area contributed by atoms with Crippen molar-refractivity contribution in [1.82, 2.24) is 20.9 Å². The second kappa shape index (κ2) is 15.1. The lowest BCUT2D eigenvalue weighted by molar-refractivity contribution is -0.144. The zero-order valence-electron chi connectivity index (χ0n) is 28.9. The van der Waals surface area contributed by atoms with Crippen molar-refractivity contribution >= 4 is 46.9 Å². The summed E-state index contributed by atoms with van der Waals surface area (Å²) < 4.78 is 11.0. The van der Waals surface area contributed by atoms with Gasteiger partial charge in [0.1, 0.15) is 23.9 Å². The molecular formula is C34H48ClN5O8. The van der Waals surface area contributed by atoms with E-state index in [-0.39, 0.29) is 31.9 Å². The van der Waals surface area contributed by atoms with Gasteiger partial charge in [0, 0.05) is 25.5 Å². The Hall–Kier alpha value is -3.87. The fourth-order valence-corrected chi connectivity index (χ4v) is 6.87. The van der Waals surface area contributed by atoms with Crippen molar-refractivity contribution < 1.29 is 38.3 Å². The molecule has 4 amide bonds. The van der Waals surface area contributed by atoms with Gasteiger partial charge in [-0.2, -0.15) is 0 Å². The molecule has 3 aliphatic rings. The highest BCUT2D eigenvalue weighted by atomic mass is 35.5. The maximum absolute atomic E-state index is 14.5. The number of likely N-dealkylation sites (N-methyl/N-ethyl adjacent to an activating group) is 1. The van der Waals surface area contributed by atoms with Gasteiger partial charge in [-0.05, 0) is 62.1 Å². The maximum Gasteiger partial charge on any atom is 0.408 e. The summed E-state index contributed by atoms with van der Waals surface area (Å²) in [5.41, 5.74) is 0.339. The van der Waals surface area contributed by atoms with Gasteiger partial charge in [-0.15, -0.1) is 0 Å². The topological polar surface area (TPSA) is 165 Å². The Balaban J connectivity index is 1.64. The molecule has 0 bridgehead atoms. The standard InChI is InChI=1S/C34H48ClN5O8/c1-8-11-23(27(41)30(43)36-6)37-29(42)25-17-34(16-24(39-48-34)21-15-22(35)26(46-7)14-19(21)2)18-40(25)31(44)28(33(3,4)5)38-32(45)47-20-12-9-10-13-20/h14-15,20,23,25,28H,8-13,16-18H2,1-7H3,(H,36,43)(H,37,42)(H,38,45)/t23-,25-,28+,34+/m0/s1. The number of methoxy groups -OCH3 is 1. The predicted molar refractivity (Wildman–Crippen MR) is 179 cm³/mol. The number of oxime groups is 1. The lowest BCUT2D eigenvalue weighted by Gasteiger charge is -2.35. The van der Waals surface area contributed by atoms with Crippen LogP contribution in [0.3, 0.4) is 0 Å². The number of rotatable bonds is 11. The molecule has 1 aliphatic carbocycles. The Morgan fingerprint density at radius 1 is 1.15 bits per heavy atom. The number of alkyl carbamates (subject to hydrolysis) is 1. The van der Waals surface area contributed by atoms with Gasteiger partial charge in [0.25, 0.3) is 5.91 Å². The van der Waals surface area contributed by atoms with Crippen molar-refractivity contribution in [1.29, 1.82) is 0 Å². The van der Waals surface area contributed by atoms with E-state index < -0.39 is 58.7 Å². The minimum atomic E-state index is -1.10. The molecule has 2 heterocycles. The third kappa shape index (κ3) is 8.22. The largest absolute Gasteiger partial charge is 0.495 e. The Labute approximate surface area is 286 Å². The number of halogens is 1. The number of hydrogen-bond donors (Lipinski definition) is 3. The van der Waals surface area contributed by atoms with Crippen LogP contribution < -0.4 is 20.7 Å². The molecule has 1 spiro atoms.